The molecule has 110 valence electrons. The second-order valence-corrected chi connectivity index (χ2v) is 5.21. The molecule has 0 aromatic rings. The highest BCUT2D eigenvalue weighted by Crippen LogP contribution is 2.28. The molecule has 0 amide bonds. The van der Waals surface area contributed by atoms with E-state index in [-0.39, 0.29) is 5.54 Å². The predicted molar refractivity (Wildman–Crippen MR) is 80.2 cm³/mol. The summed E-state index contributed by atoms with van der Waals surface area (Å²) in [5.74, 6) is 0. The summed E-state index contributed by atoms with van der Waals surface area (Å²) in [5, 5.41) is 3.48. The van der Waals surface area contributed by atoms with E-state index in [1.165, 1.54) is 0 Å². The van der Waals surface area contributed by atoms with Crippen molar-refractivity contribution in [2.45, 2.75) is 72.1 Å². The highest BCUT2D eigenvalue weighted by atomic mass is 16.5. The lowest BCUT2D eigenvalue weighted by Crippen LogP contribution is -2.62. The first-order valence-electron chi connectivity index (χ1n) is 7.56. The molecule has 3 heteroatoms. The highest BCUT2D eigenvalue weighted by molar-refractivity contribution is 4.98. The van der Waals surface area contributed by atoms with Crippen LogP contribution < -0.4 is 5.32 Å². The van der Waals surface area contributed by atoms with Crippen molar-refractivity contribution >= 4 is 0 Å². The smallest absolute Gasteiger partial charge is 0.0641 e. The number of hydrogen-bond donors (Lipinski definition) is 1. The van der Waals surface area contributed by atoms with Crippen molar-refractivity contribution in [1.82, 2.24) is 10.2 Å². The van der Waals surface area contributed by atoms with Gasteiger partial charge in [-0.05, 0) is 46.8 Å². The Kier molecular flexibility index (Phi) is 8.83. The molecule has 0 spiro atoms. The van der Waals surface area contributed by atoms with Gasteiger partial charge < -0.3 is 10.1 Å². The zero-order valence-corrected chi connectivity index (χ0v) is 13.5. The van der Waals surface area contributed by atoms with Gasteiger partial charge in [0, 0.05) is 11.6 Å². The van der Waals surface area contributed by atoms with Crippen LogP contribution in [0.4, 0.5) is 0 Å². The van der Waals surface area contributed by atoms with Crippen LogP contribution in [0, 0.1) is 0 Å². The molecule has 18 heavy (non-hydrogen) atoms. The van der Waals surface area contributed by atoms with Crippen LogP contribution in [0.15, 0.2) is 0 Å². The molecular formula is C15H34N2O. The maximum absolute atomic E-state index is 5.85. The zero-order valence-electron chi connectivity index (χ0n) is 13.5. The third-order valence-corrected chi connectivity index (χ3v) is 4.21. The van der Waals surface area contributed by atoms with Gasteiger partial charge in [0.1, 0.15) is 0 Å². The second-order valence-electron chi connectivity index (χ2n) is 5.21. The molecule has 0 aliphatic rings. The van der Waals surface area contributed by atoms with Gasteiger partial charge in [-0.3, -0.25) is 4.90 Å². The average Bonchev–Trinajstić information content (AvgIpc) is 2.37. The first kappa shape index (κ1) is 17.9. The maximum Gasteiger partial charge on any atom is 0.0641 e. The van der Waals surface area contributed by atoms with E-state index in [4.69, 9.17) is 4.74 Å². The zero-order chi connectivity index (χ0) is 14.2. The van der Waals surface area contributed by atoms with E-state index in [1.807, 2.05) is 0 Å². The monoisotopic (exact) mass is 258 g/mol. The number of hydrogen-bond acceptors (Lipinski definition) is 3. The molecule has 1 N–H and O–H groups in total. The standard InChI is InChI=1S/C15H34N2O/c1-8-15(9-2,17(10-3)11-4)14(16-7)12-18-13(5)6/h13-14,16H,8-12H2,1-7H3. The van der Waals surface area contributed by atoms with Gasteiger partial charge >= 0.3 is 0 Å². The molecule has 0 fully saturated rings. The molecule has 0 aliphatic heterocycles. The number of nitrogens with zero attached hydrogens (tertiary/aromatic N) is 1. The Balaban J connectivity index is 5.00. The molecule has 1 atom stereocenters. The minimum atomic E-state index is 0.202. The SMILES string of the molecule is CCN(CC)C(CC)(CC)C(COC(C)C)NC. The van der Waals surface area contributed by atoms with Crippen molar-refractivity contribution in [3.05, 3.63) is 0 Å². The number of ether oxygens (including phenoxy) is 1. The Labute approximate surface area is 114 Å². The Hall–Kier alpha value is -0.120. The van der Waals surface area contributed by atoms with Gasteiger partial charge in [0.25, 0.3) is 0 Å². The van der Waals surface area contributed by atoms with Crippen LogP contribution in [-0.2, 0) is 4.74 Å². The molecule has 0 aliphatic carbocycles. The summed E-state index contributed by atoms with van der Waals surface area (Å²) in [5.41, 5.74) is 0.202. The summed E-state index contributed by atoms with van der Waals surface area (Å²) < 4.78 is 5.85. The second kappa shape index (κ2) is 8.89. The Morgan fingerprint density at radius 3 is 1.83 bits per heavy atom. The summed E-state index contributed by atoms with van der Waals surface area (Å²) in [6.45, 7) is 16.3. The quantitative estimate of drug-likeness (QED) is 0.652. The van der Waals surface area contributed by atoms with Crippen molar-refractivity contribution in [1.29, 1.82) is 0 Å². The van der Waals surface area contributed by atoms with E-state index in [1.54, 1.807) is 0 Å². The van der Waals surface area contributed by atoms with Gasteiger partial charge in [0.2, 0.25) is 0 Å². The first-order chi connectivity index (χ1) is 8.52. The summed E-state index contributed by atoms with van der Waals surface area (Å²) in [7, 11) is 2.05. The Morgan fingerprint density at radius 2 is 1.56 bits per heavy atom. The lowest BCUT2D eigenvalue weighted by atomic mass is 9.82. The van der Waals surface area contributed by atoms with E-state index in [2.05, 4.69) is 58.8 Å². The molecule has 3 nitrogen and oxygen atoms in total. The minimum Gasteiger partial charge on any atom is -0.377 e. The highest BCUT2D eigenvalue weighted by Gasteiger charge is 2.39. The topological polar surface area (TPSA) is 24.5 Å². The van der Waals surface area contributed by atoms with Crippen LogP contribution in [0.25, 0.3) is 0 Å². The molecule has 0 aromatic heterocycles. The maximum atomic E-state index is 5.85. The summed E-state index contributed by atoms with van der Waals surface area (Å²) >= 11 is 0. The van der Waals surface area contributed by atoms with Crippen molar-refractivity contribution < 1.29 is 4.74 Å². The third kappa shape index (κ3) is 4.22. The lowest BCUT2D eigenvalue weighted by molar-refractivity contribution is -0.0106. The van der Waals surface area contributed by atoms with E-state index >= 15 is 0 Å². The predicted octanol–water partition coefficient (Wildman–Crippen LogP) is 2.90. The van der Waals surface area contributed by atoms with Gasteiger partial charge in [-0.15, -0.1) is 0 Å². The third-order valence-electron chi connectivity index (χ3n) is 4.21. The largest absolute Gasteiger partial charge is 0.377 e. The molecule has 0 rings (SSSR count). The Morgan fingerprint density at radius 1 is 1.06 bits per heavy atom. The van der Waals surface area contributed by atoms with Gasteiger partial charge in [-0.25, -0.2) is 0 Å². The average molecular weight is 258 g/mol. The van der Waals surface area contributed by atoms with Crippen LogP contribution in [0.3, 0.4) is 0 Å². The fourth-order valence-corrected chi connectivity index (χ4v) is 3.06. The normalized spacial score (nSPS) is 14.5. The van der Waals surface area contributed by atoms with Gasteiger partial charge in [0.15, 0.2) is 0 Å². The molecule has 1 unspecified atom stereocenters. The van der Waals surface area contributed by atoms with E-state index in [0.717, 1.165) is 32.5 Å². The van der Waals surface area contributed by atoms with Gasteiger partial charge in [0.05, 0.1) is 12.7 Å². The van der Waals surface area contributed by atoms with Crippen LogP contribution in [0.1, 0.15) is 54.4 Å². The van der Waals surface area contributed by atoms with Gasteiger partial charge in [-0.1, -0.05) is 27.7 Å². The summed E-state index contributed by atoms with van der Waals surface area (Å²) in [6, 6.07) is 0.384. The molecular weight excluding hydrogens is 224 g/mol. The molecule has 0 radical (unpaired) electrons. The molecule has 0 bridgehead atoms. The van der Waals surface area contributed by atoms with E-state index < -0.39 is 0 Å². The first-order valence-corrected chi connectivity index (χ1v) is 7.56. The molecule has 0 aromatic carbocycles. The molecule has 0 saturated carbocycles. The van der Waals surface area contributed by atoms with Crippen molar-refractivity contribution in [3.63, 3.8) is 0 Å². The van der Waals surface area contributed by atoms with Crippen LogP contribution in [0.5, 0.6) is 0 Å². The van der Waals surface area contributed by atoms with Crippen LogP contribution >= 0.6 is 0 Å². The fraction of sp³-hybridized carbons (Fsp3) is 1.00. The number of rotatable bonds is 10. The van der Waals surface area contributed by atoms with E-state index in [0.29, 0.717) is 12.1 Å². The van der Waals surface area contributed by atoms with Crippen molar-refractivity contribution in [3.8, 4) is 0 Å². The number of nitrogens with one attached hydrogen (secondary N) is 1. The number of likely N-dealkylation sites (N-methyl/N-ethyl adjacent to an activating group) is 2. The molecule has 0 saturated heterocycles. The Bertz CT molecular complexity index is 199. The van der Waals surface area contributed by atoms with Gasteiger partial charge in [-0.2, -0.15) is 0 Å². The summed E-state index contributed by atoms with van der Waals surface area (Å²) in [4.78, 5) is 2.58. The van der Waals surface area contributed by atoms with Crippen molar-refractivity contribution in [2.75, 3.05) is 26.7 Å². The lowest BCUT2D eigenvalue weighted by Gasteiger charge is -2.48. The van der Waals surface area contributed by atoms with Crippen LogP contribution in [0.2, 0.25) is 0 Å². The summed E-state index contributed by atoms with van der Waals surface area (Å²) in [6.07, 6.45) is 2.60. The van der Waals surface area contributed by atoms with Crippen LogP contribution in [-0.4, -0.2) is 49.3 Å². The van der Waals surface area contributed by atoms with E-state index in [9.17, 15) is 0 Å². The fourth-order valence-electron chi connectivity index (χ4n) is 3.06. The molecule has 0 heterocycles. The minimum absolute atomic E-state index is 0.202. The van der Waals surface area contributed by atoms with Crippen molar-refractivity contribution in [2.24, 2.45) is 0 Å².